The smallest absolute Gasteiger partial charge is 0.0299 e. The van der Waals surface area contributed by atoms with Crippen LogP contribution >= 0.6 is 0 Å². The lowest BCUT2D eigenvalue weighted by atomic mass is 9.73. The first kappa shape index (κ1) is 31.1. The third-order valence-corrected chi connectivity index (χ3v) is 8.80. The van der Waals surface area contributed by atoms with Gasteiger partial charge in [-0.25, -0.2) is 0 Å². The molecule has 0 bridgehead atoms. The fourth-order valence-electron chi connectivity index (χ4n) is 7.66. The van der Waals surface area contributed by atoms with E-state index in [2.05, 4.69) is 160 Å². The summed E-state index contributed by atoms with van der Waals surface area (Å²) in [5, 5.41) is 0. The zero-order chi connectivity index (χ0) is 32.2. The van der Waals surface area contributed by atoms with E-state index in [0.717, 1.165) is 0 Å². The summed E-state index contributed by atoms with van der Waals surface area (Å²) in [5.41, 5.74) is 19.2. The average Bonchev–Trinajstić information content (AvgIpc) is 3.27. The van der Waals surface area contributed by atoms with Crippen molar-refractivity contribution in [2.45, 2.75) is 69.2 Å². The van der Waals surface area contributed by atoms with Gasteiger partial charge in [0.1, 0.15) is 0 Å². The van der Waals surface area contributed by atoms with Crippen LogP contribution in [0.5, 0.6) is 0 Å². The van der Waals surface area contributed by atoms with E-state index >= 15 is 0 Å². The maximum absolute atomic E-state index is 2.39. The summed E-state index contributed by atoms with van der Waals surface area (Å²) >= 11 is 0. The van der Waals surface area contributed by atoms with Crippen LogP contribution in [0.15, 0.2) is 91.0 Å². The number of hydrogen-bond acceptors (Lipinski definition) is 0. The summed E-state index contributed by atoms with van der Waals surface area (Å²) in [5.74, 6) is 6.60. The van der Waals surface area contributed by atoms with Gasteiger partial charge in [-0.2, -0.15) is 0 Å². The van der Waals surface area contributed by atoms with Crippen LogP contribution < -0.4 is 0 Å². The molecule has 0 atom stereocenters. The molecule has 5 aromatic rings. The molecule has 45 heavy (non-hydrogen) atoms. The maximum atomic E-state index is 2.39. The highest BCUT2D eigenvalue weighted by molar-refractivity contribution is 5.86. The molecule has 0 saturated heterocycles. The molecule has 1 saturated carbocycles. The Morgan fingerprint density at radius 1 is 0.178 bits per heavy atom. The second-order valence-corrected chi connectivity index (χ2v) is 13.8. The topological polar surface area (TPSA) is 0 Å². The largest absolute Gasteiger partial charge is 0.0564 e. The molecule has 0 unspecified atom stereocenters. The molecule has 0 nitrogen and oxygen atoms in total. The summed E-state index contributed by atoms with van der Waals surface area (Å²) in [7, 11) is 0. The number of rotatable bonds is 5. The molecule has 5 aromatic carbocycles. The Hall–Kier alpha value is -3.90. The highest BCUT2D eigenvalue weighted by Gasteiger charge is 2.55. The summed E-state index contributed by atoms with van der Waals surface area (Å²) in [6.07, 6.45) is 0. The van der Waals surface area contributed by atoms with E-state index in [1.54, 1.807) is 0 Å². The van der Waals surface area contributed by atoms with Crippen LogP contribution in [0, 0.1) is 98.8 Å². The quantitative estimate of drug-likeness (QED) is 0.192. The van der Waals surface area contributed by atoms with Crippen LogP contribution in [0.2, 0.25) is 0 Å². The van der Waals surface area contributed by atoms with E-state index in [-0.39, 0.29) is 0 Å². The van der Waals surface area contributed by atoms with Crippen molar-refractivity contribution in [2.24, 2.45) is 0 Å². The van der Waals surface area contributed by atoms with Crippen LogP contribution in [0.4, 0.5) is 0 Å². The van der Waals surface area contributed by atoms with Crippen LogP contribution in [0.25, 0.3) is 0 Å². The average molecular weight is 586 g/mol. The fourth-order valence-corrected chi connectivity index (χ4v) is 7.66. The van der Waals surface area contributed by atoms with E-state index in [1.807, 2.05) is 0 Å². The van der Waals surface area contributed by atoms with Gasteiger partial charge >= 0.3 is 0 Å². The van der Waals surface area contributed by atoms with Crippen molar-refractivity contribution >= 4 is 0 Å². The first-order chi connectivity index (χ1) is 21.4. The van der Waals surface area contributed by atoms with Gasteiger partial charge in [0.2, 0.25) is 0 Å². The third kappa shape index (κ3) is 6.30. The predicted octanol–water partition coefficient (Wildman–Crippen LogP) is 11.2. The van der Waals surface area contributed by atoms with Gasteiger partial charge in [-0.1, -0.05) is 147 Å². The lowest BCUT2D eigenvalue weighted by Crippen LogP contribution is -2.17. The summed E-state index contributed by atoms with van der Waals surface area (Å²) in [6.45, 7) is 22.2. The summed E-state index contributed by atoms with van der Waals surface area (Å²) in [4.78, 5) is 0. The van der Waals surface area contributed by atoms with Crippen LogP contribution in [-0.4, -0.2) is 0 Å². The summed E-state index contributed by atoms with van der Waals surface area (Å²) < 4.78 is 0. The predicted molar refractivity (Wildman–Crippen MR) is 191 cm³/mol. The Kier molecular flexibility index (Phi) is 8.38. The monoisotopic (exact) mass is 585 g/mol. The van der Waals surface area contributed by atoms with Gasteiger partial charge in [-0.05, 0) is 97.1 Å². The Balaban J connectivity index is 1.77. The van der Waals surface area contributed by atoms with E-state index in [0.29, 0.717) is 0 Å². The molecule has 0 amide bonds. The van der Waals surface area contributed by atoms with Gasteiger partial charge in [0.15, 0.2) is 0 Å². The molecule has 0 heteroatoms. The van der Waals surface area contributed by atoms with Gasteiger partial charge in [0.05, 0.1) is 0 Å². The van der Waals surface area contributed by atoms with Crippen molar-refractivity contribution in [1.29, 1.82) is 0 Å². The van der Waals surface area contributed by atoms with E-state index < -0.39 is 0 Å². The van der Waals surface area contributed by atoms with Crippen molar-refractivity contribution in [1.82, 2.24) is 0 Å². The molecule has 5 radical (unpaired) electrons. The van der Waals surface area contributed by atoms with Crippen molar-refractivity contribution in [3.63, 3.8) is 0 Å². The van der Waals surface area contributed by atoms with E-state index in [4.69, 9.17) is 0 Å². The van der Waals surface area contributed by atoms with Crippen LogP contribution in [0.1, 0.15) is 83.5 Å². The minimum atomic E-state index is 1.28. The molecule has 1 aliphatic carbocycles. The maximum Gasteiger partial charge on any atom is 0.0299 e. The van der Waals surface area contributed by atoms with Gasteiger partial charge in [0, 0.05) is 29.6 Å². The minimum Gasteiger partial charge on any atom is -0.0564 e. The fraction of sp³-hybridized carbons (Fsp3) is 0.222. The normalized spacial score (nSPS) is 15.3. The lowest BCUT2D eigenvalue weighted by molar-refractivity contribution is 1.04. The molecule has 1 fully saturated rings. The molecule has 6 rings (SSSR count). The molecule has 1 aliphatic rings. The Bertz CT molecular complexity index is 1450. The van der Waals surface area contributed by atoms with Crippen LogP contribution in [-0.2, 0) is 0 Å². The van der Waals surface area contributed by atoms with Gasteiger partial charge in [-0.3, -0.25) is 0 Å². The Labute approximate surface area is 272 Å². The zero-order valence-electron chi connectivity index (χ0n) is 28.7. The van der Waals surface area contributed by atoms with Crippen molar-refractivity contribution < 1.29 is 0 Å². The molecular weight excluding hydrogens is 540 g/mol. The third-order valence-electron chi connectivity index (χ3n) is 8.80. The highest BCUT2D eigenvalue weighted by atomic mass is 14.6. The first-order valence-electron chi connectivity index (χ1n) is 16.2. The molecular formula is C45H45. The van der Waals surface area contributed by atoms with Crippen molar-refractivity contribution in [3.05, 3.63) is 204 Å². The van der Waals surface area contributed by atoms with Crippen molar-refractivity contribution in [3.8, 4) is 0 Å². The molecule has 0 aromatic heterocycles. The second-order valence-electron chi connectivity index (χ2n) is 13.8. The standard InChI is InChI=1S/C45H45/c1-26-11-27(2)17-36(16-26)41-42(37-18-28(3)12-29(4)19-37)44(39-22-32(7)14-33(8)23-39)45(40-24-34(9)15-35(10)25-40)43(41)38-20-30(5)13-31(6)21-38/h11-25H,1-10H3. The van der Waals surface area contributed by atoms with Crippen molar-refractivity contribution in [2.75, 3.05) is 0 Å². The second kappa shape index (κ2) is 12.1. The lowest BCUT2D eigenvalue weighted by Gasteiger charge is -2.28. The van der Waals surface area contributed by atoms with Gasteiger partial charge in [-0.15, -0.1) is 0 Å². The highest BCUT2D eigenvalue weighted by Crippen LogP contribution is 2.64. The molecule has 225 valence electrons. The number of hydrogen-bond donors (Lipinski definition) is 0. The Morgan fingerprint density at radius 2 is 0.289 bits per heavy atom. The molecule has 0 spiro atoms. The number of aryl methyl sites for hydroxylation is 10. The van der Waals surface area contributed by atoms with Gasteiger partial charge in [0.25, 0.3) is 0 Å². The SMILES string of the molecule is Cc1cc(C)cc([C]2[C](c3cc(C)cc(C)c3)[C](c3cc(C)cc(C)c3)[C](c3cc(C)cc(C)c3)[C]2c2cc(C)cc(C)c2)c1. The summed E-state index contributed by atoms with van der Waals surface area (Å²) in [6, 6.07) is 35.3. The van der Waals surface area contributed by atoms with Crippen LogP contribution in [0.3, 0.4) is 0 Å². The molecule has 0 heterocycles. The van der Waals surface area contributed by atoms with E-state index in [9.17, 15) is 0 Å². The molecule has 0 aliphatic heterocycles. The molecule has 0 N–H and O–H groups in total. The minimum absolute atomic E-state index is 1.28. The first-order valence-corrected chi connectivity index (χ1v) is 16.2. The van der Waals surface area contributed by atoms with Gasteiger partial charge < -0.3 is 0 Å². The Morgan fingerprint density at radius 3 is 0.400 bits per heavy atom. The number of benzene rings is 5. The van der Waals surface area contributed by atoms with E-state index in [1.165, 1.54) is 113 Å². The zero-order valence-corrected chi connectivity index (χ0v) is 28.7.